The molecule has 0 spiro atoms. The highest BCUT2D eigenvalue weighted by Crippen LogP contribution is 2.31. The Kier molecular flexibility index (Phi) is 3.73. The highest BCUT2D eigenvalue weighted by Gasteiger charge is 2.13. The lowest BCUT2D eigenvalue weighted by atomic mass is 10.3. The van der Waals surface area contributed by atoms with Crippen LogP contribution in [0, 0.1) is 0 Å². The molecule has 122 valence electrons. The van der Waals surface area contributed by atoms with Crippen LogP contribution in [0.1, 0.15) is 5.69 Å². The van der Waals surface area contributed by atoms with E-state index < -0.39 is 0 Å². The Morgan fingerprint density at radius 1 is 1.04 bits per heavy atom. The largest absolute Gasteiger partial charge is 0.260 e. The molecule has 0 aliphatic heterocycles. The van der Waals surface area contributed by atoms with Gasteiger partial charge in [0.1, 0.15) is 5.01 Å². The molecule has 0 unspecified atom stereocenters. The van der Waals surface area contributed by atoms with Gasteiger partial charge in [-0.1, -0.05) is 41.3 Å². The molecule has 25 heavy (non-hydrogen) atoms. The summed E-state index contributed by atoms with van der Waals surface area (Å²) in [5.41, 5.74) is 3.10. The van der Waals surface area contributed by atoms with E-state index in [1.807, 2.05) is 30.3 Å². The summed E-state index contributed by atoms with van der Waals surface area (Å²) >= 11 is 4.94. The first-order valence-electron chi connectivity index (χ1n) is 7.60. The first-order chi connectivity index (χ1) is 12.4. The van der Waals surface area contributed by atoms with E-state index in [1.54, 1.807) is 40.6 Å². The van der Waals surface area contributed by atoms with Gasteiger partial charge in [0.05, 0.1) is 21.6 Å². The lowest BCUT2D eigenvalue weighted by Crippen LogP contribution is -1.88. The zero-order chi connectivity index (χ0) is 16.6. The maximum absolute atomic E-state index is 4.69. The van der Waals surface area contributed by atoms with Crippen molar-refractivity contribution in [2.45, 2.75) is 10.9 Å². The van der Waals surface area contributed by atoms with Gasteiger partial charge in [0.2, 0.25) is 4.96 Å². The van der Waals surface area contributed by atoms with E-state index in [2.05, 4.69) is 37.1 Å². The summed E-state index contributed by atoms with van der Waals surface area (Å²) in [6.45, 7) is 0. The first kappa shape index (κ1) is 15.0. The Morgan fingerprint density at radius 3 is 2.88 bits per heavy atom. The monoisotopic (exact) mass is 381 g/mol. The van der Waals surface area contributed by atoms with Gasteiger partial charge in [0.15, 0.2) is 5.16 Å². The summed E-state index contributed by atoms with van der Waals surface area (Å²) in [7, 11) is 0. The predicted octanol–water partition coefficient (Wildman–Crippen LogP) is 4.75. The second-order valence-electron chi connectivity index (χ2n) is 5.32. The number of thioether (sulfide) groups is 1. The number of fused-ring (bicyclic) bond motifs is 3. The van der Waals surface area contributed by atoms with Gasteiger partial charge in [0, 0.05) is 17.3 Å². The van der Waals surface area contributed by atoms with Gasteiger partial charge in [0.25, 0.3) is 0 Å². The SMILES string of the molecule is c1ccc(-c2nc(CSc3nnc4sc5ccccc5n34)cs2)nc1. The highest BCUT2D eigenvalue weighted by atomic mass is 32.2. The number of nitrogens with zero attached hydrogens (tertiary/aromatic N) is 5. The van der Waals surface area contributed by atoms with Gasteiger partial charge in [-0.2, -0.15) is 0 Å². The van der Waals surface area contributed by atoms with Crippen molar-refractivity contribution in [3.8, 4) is 10.7 Å². The van der Waals surface area contributed by atoms with Crippen LogP contribution < -0.4 is 0 Å². The van der Waals surface area contributed by atoms with Crippen molar-refractivity contribution in [1.29, 1.82) is 0 Å². The van der Waals surface area contributed by atoms with E-state index in [9.17, 15) is 0 Å². The number of hydrogen-bond acceptors (Lipinski definition) is 7. The van der Waals surface area contributed by atoms with E-state index in [0.717, 1.165) is 37.8 Å². The van der Waals surface area contributed by atoms with Gasteiger partial charge in [-0.3, -0.25) is 9.38 Å². The smallest absolute Gasteiger partial charge is 0.217 e. The summed E-state index contributed by atoms with van der Waals surface area (Å²) in [6, 6.07) is 14.2. The van der Waals surface area contributed by atoms with Gasteiger partial charge >= 0.3 is 0 Å². The van der Waals surface area contributed by atoms with Gasteiger partial charge in [-0.15, -0.1) is 21.5 Å². The Morgan fingerprint density at radius 2 is 1.96 bits per heavy atom. The number of thiazole rings is 2. The molecule has 4 heterocycles. The first-order valence-corrected chi connectivity index (χ1v) is 10.3. The molecular weight excluding hydrogens is 370 g/mol. The fourth-order valence-corrected chi connectivity index (χ4v) is 5.33. The molecule has 5 nitrogen and oxygen atoms in total. The van der Waals surface area contributed by atoms with Crippen LogP contribution in [-0.4, -0.2) is 24.6 Å². The molecule has 0 amide bonds. The van der Waals surface area contributed by atoms with Crippen molar-refractivity contribution >= 4 is 49.6 Å². The van der Waals surface area contributed by atoms with Gasteiger partial charge < -0.3 is 0 Å². The molecule has 0 bridgehead atoms. The van der Waals surface area contributed by atoms with E-state index in [0.29, 0.717) is 0 Å². The maximum Gasteiger partial charge on any atom is 0.217 e. The molecule has 0 N–H and O–H groups in total. The van der Waals surface area contributed by atoms with Crippen molar-refractivity contribution in [2.75, 3.05) is 0 Å². The van der Waals surface area contributed by atoms with Crippen LogP contribution in [-0.2, 0) is 5.75 Å². The van der Waals surface area contributed by atoms with Gasteiger partial charge in [-0.05, 0) is 24.3 Å². The average Bonchev–Trinajstić information content (AvgIpc) is 3.36. The molecular formula is C17H11N5S3. The van der Waals surface area contributed by atoms with Crippen molar-refractivity contribution in [3.05, 3.63) is 59.7 Å². The molecule has 8 heteroatoms. The average molecular weight is 382 g/mol. The van der Waals surface area contributed by atoms with Crippen LogP contribution in [0.2, 0.25) is 0 Å². The summed E-state index contributed by atoms with van der Waals surface area (Å²) in [6.07, 6.45) is 1.79. The normalized spacial score (nSPS) is 11.5. The van der Waals surface area contributed by atoms with E-state index in [-0.39, 0.29) is 0 Å². The van der Waals surface area contributed by atoms with E-state index in [4.69, 9.17) is 4.98 Å². The molecule has 1 aromatic carbocycles. The lowest BCUT2D eigenvalue weighted by Gasteiger charge is -1.97. The van der Waals surface area contributed by atoms with Crippen LogP contribution in [0.4, 0.5) is 0 Å². The molecule has 5 rings (SSSR count). The van der Waals surface area contributed by atoms with Gasteiger partial charge in [-0.25, -0.2) is 4.98 Å². The predicted molar refractivity (Wildman–Crippen MR) is 103 cm³/mol. The summed E-state index contributed by atoms with van der Waals surface area (Å²) in [5.74, 6) is 0.758. The molecule has 0 fully saturated rings. The Hall–Kier alpha value is -2.29. The maximum atomic E-state index is 4.69. The number of pyridine rings is 1. The number of para-hydroxylation sites is 1. The molecule has 0 aliphatic carbocycles. The molecule has 0 atom stereocenters. The minimum atomic E-state index is 0.758. The standard InChI is InChI=1S/C17H11N5S3/c1-2-7-14-13(6-1)22-16(20-21-17(22)25-14)24-10-11-9-23-15(19-11)12-5-3-4-8-18-12/h1-9H,10H2. The topological polar surface area (TPSA) is 56.0 Å². The second-order valence-corrected chi connectivity index (χ2v) is 8.13. The van der Waals surface area contributed by atoms with Crippen LogP contribution in [0.15, 0.2) is 59.2 Å². The second kappa shape index (κ2) is 6.21. The Bertz CT molecular complexity index is 1160. The third-order valence-corrected chi connectivity index (χ3v) is 6.58. The van der Waals surface area contributed by atoms with Crippen molar-refractivity contribution < 1.29 is 0 Å². The molecule has 0 saturated heterocycles. The highest BCUT2D eigenvalue weighted by molar-refractivity contribution is 7.98. The minimum Gasteiger partial charge on any atom is -0.260 e. The van der Waals surface area contributed by atoms with Crippen LogP contribution in [0.25, 0.3) is 25.9 Å². The Labute approximate surface area is 155 Å². The third kappa shape index (κ3) is 2.72. The fraction of sp³-hybridized carbons (Fsp3) is 0.0588. The van der Waals surface area contributed by atoms with E-state index in [1.165, 1.54) is 4.70 Å². The molecule has 0 radical (unpaired) electrons. The molecule has 0 aliphatic rings. The zero-order valence-corrected chi connectivity index (χ0v) is 15.3. The minimum absolute atomic E-state index is 0.758. The number of rotatable bonds is 4. The summed E-state index contributed by atoms with van der Waals surface area (Å²) in [4.78, 5) is 9.97. The Balaban J connectivity index is 1.42. The van der Waals surface area contributed by atoms with Crippen LogP contribution in [0.5, 0.6) is 0 Å². The van der Waals surface area contributed by atoms with E-state index >= 15 is 0 Å². The lowest BCUT2D eigenvalue weighted by molar-refractivity contribution is 0.939. The van der Waals surface area contributed by atoms with Crippen LogP contribution in [0.3, 0.4) is 0 Å². The third-order valence-electron chi connectivity index (χ3n) is 3.70. The number of aromatic nitrogens is 5. The fourth-order valence-electron chi connectivity index (χ4n) is 2.57. The van der Waals surface area contributed by atoms with Crippen molar-refractivity contribution in [3.63, 3.8) is 0 Å². The molecule has 4 aromatic heterocycles. The zero-order valence-electron chi connectivity index (χ0n) is 12.9. The summed E-state index contributed by atoms with van der Waals surface area (Å²) in [5, 5.41) is 12.6. The number of benzene rings is 1. The van der Waals surface area contributed by atoms with Crippen molar-refractivity contribution in [2.24, 2.45) is 0 Å². The number of hydrogen-bond donors (Lipinski definition) is 0. The molecule has 5 aromatic rings. The molecule has 0 saturated carbocycles. The van der Waals surface area contributed by atoms with Crippen molar-refractivity contribution in [1.82, 2.24) is 24.6 Å². The summed E-state index contributed by atoms with van der Waals surface area (Å²) < 4.78 is 3.34. The van der Waals surface area contributed by atoms with Crippen LogP contribution >= 0.6 is 34.4 Å². The quantitative estimate of drug-likeness (QED) is 0.420.